The summed E-state index contributed by atoms with van der Waals surface area (Å²) in [5, 5.41) is 8.55. The van der Waals surface area contributed by atoms with E-state index in [1.165, 1.54) is 0 Å². The molecule has 5 heteroatoms. The van der Waals surface area contributed by atoms with Crippen molar-refractivity contribution in [2.75, 3.05) is 40.5 Å². The quantitative estimate of drug-likeness (QED) is 0.529. The fourth-order valence-corrected chi connectivity index (χ4v) is 1.75. The molecule has 0 bridgehead atoms. The van der Waals surface area contributed by atoms with Gasteiger partial charge in [0.05, 0.1) is 0 Å². The Balaban J connectivity index is 2.28. The van der Waals surface area contributed by atoms with Crippen LogP contribution in [-0.4, -0.2) is 56.4 Å². The molecule has 116 valence electrons. The third kappa shape index (κ3) is 8.12. The van der Waals surface area contributed by atoms with Crippen LogP contribution >= 0.6 is 0 Å². The van der Waals surface area contributed by atoms with Gasteiger partial charge in [-0.05, 0) is 37.2 Å². The molecule has 0 unspecified atom stereocenters. The van der Waals surface area contributed by atoms with Gasteiger partial charge in [-0.2, -0.15) is 0 Å². The van der Waals surface area contributed by atoms with E-state index in [-0.39, 0.29) is 0 Å². The van der Waals surface area contributed by atoms with Crippen LogP contribution in [0, 0.1) is 0 Å². The summed E-state index contributed by atoms with van der Waals surface area (Å²) in [6.45, 7) is 3.23. The van der Waals surface area contributed by atoms with Gasteiger partial charge in [0.15, 0.2) is 0 Å². The van der Waals surface area contributed by atoms with Crippen LogP contribution in [0.1, 0.15) is 12.0 Å². The number of methoxy groups -OCH3 is 1. The summed E-state index contributed by atoms with van der Waals surface area (Å²) in [5.74, 6) is -0.167. The fraction of sp³-hybridized carbons (Fsp3) is 0.438. The molecule has 0 fully saturated rings. The first-order chi connectivity index (χ1) is 10.1. The van der Waals surface area contributed by atoms with E-state index in [4.69, 9.17) is 14.6 Å². The average molecular weight is 293 g/mol. The molecule has 5 nitrogen and oxygen atoms in total. The molecule has 0 radical (unpaired) electrons. The Bertz CT molecular complexity index is 442. The lowest BCUT2D eigenvalue weighted by molar-refractivity contribution is -0.131. The molecule has 0 spiro atoms. The van der Waals surface area contributed by atoms with Crippen molar-refractivity contribution in [2.24, 2.45) is 0 Å². The predicted molar refractivity (Wildman–Crippen MR) is 82.6 cm³/mol. The maximum Gasteiger partial charge on any atom is 0.328 e. The number of likely N-dealkylation sites (N-methyl/N-ethyl adjacent to an activating group) is 1. The smallest absolute Gasteiger partial charge is 0.328 e. The van der Waals surface area contributed by atoms with Gasteiger partial charge in [-0.25, -0.2) is 4.79 Å². The number of nitrogens with zero attached hydrogens (tertiary/aromatic N) is 1. The van der Waals surface area contributed by atoms with Crippen molar-refractivity contribution in [3.63, 3.8) is 0 Å². The van der Waals surface area contributed by atoms with Crippen molar-refractivity contribution in [3.05, 3.63) is 35.9 Å². The monoisotopic (exact) mass is 293 g/mol. The topological polar surface area (TPSA) is 59.0 Å². The third-order valence-electron chi connectivity index (χ3n) is 2.93. The highest BCUT2D eigenvalue weighted by atomic mass is 16.5. The summed E-state index contributed by atoms with van der Waals surface area (Å²) in [7, 11) is 3.76. The first-order valence-electron chi connectivity index (χ1n) is 6.93. The summed E-state index contributed by atoms with van der Waals surface area (Å²) >= 11 is 0. The number of aliphatic carboxylic acids is 1. The van der Waals surface area contributed by atoms with Crippen molar-refractivity contribution in [1.82, 2.24) is 4.90 Å². The van der Waals surface area contributed by atoms with Gasteiger partial charge in [-0.15, -0.1) is 0 Å². The molecular formula is C16H23NO4. The first kappa shape index (κ1) is 17.2. The summed E-state index contributed by atoms with van der Waals surface area (Å²) in [5.41, 5.74) is 0.835. The van der Waals surface area contributed by atoms with Crippen LogP contribution < -0.4 is 4.74 Å². The second kappa shape index (κ2) is 9.96. The lowest BCUT2D eigenvalue weighted by atomic mass is 10.2. The van der Waals surface area contributed by atoms with E-state index in [1.807, 2.05) is 24.3 Å². The third-order valence-corrected chi connectivity index (χ3v) is 2.93. The second-order valence-electron chi connectivity index (χ2n) is 4.74. The van der Waals surface area contributed by atoms with Crippen LogP contribution in [0.4, 0.5) is 0 Å². The van der Waals surface area contributed by atoms with Crippen molar-refractivity contribution in [1.29, 1.82) is 0 Å². The Kier molecular flexibility index (Phi) is 8.16. The minimum Gasteiger partial charge on any atom is -0.492 e. The molecule has 0 saturated carbocycles. The second-order valence-corrected chi connectivity index (χ2v) is 4.74. The summed E-state index contributed by atoms with van der Waals surface area (Å²) in [6, 6.07) is 7.34. The number of carboxylic acids is 1. The number of rotatable bonds is 10. The zero-order valence-corrected chi connectivity index (χ0v) is 12.6. The highest BCUT2D eigenvalue weighted by Crippen LogP contribution is 2.13. The highest BCUT2D eigenvalue weighted by Gasteiger charge is 1.99. The molecule has 0 atom stereocenters. The molecule has 0 heterocycles. The molecule has 0 aliphatic heterocycles. The Morgan fingerprint density at radius 3 is 2.57 bits per heavy atom. The van der Waals surface area contributed by atoms with Crippen LogP contribution in [0.25, 0.3) is 6.08 Å². The zero-order valence-electron chi connectivity index (χ0n) is 12.6. The summed E-state index contributed by atoms with van der Waals surface area (Å²) < 4.78 is 10.7. The van der Waals surface area contributed by atoms with Gasteiger partial charge in [0.1, 0.15) is 12.4 Å². The van der Waals surface area contributed by atoms with Crippen LogP contribution in [0.5, 0.6) is 5.75 Å². The number of benzene rings is 1. The molecule has 0 saturated heterocycles. The lowest BCUT2D eigenvalue weighted by Gasteiger charge is -2.16. The molecule has 21 heavy (non-hydrogen) atoms. The van der Waals surface area contributed by atoms with Gasteiger partial charge in [0, 0.05) is 32.9 Å². The van der Waals surface area contributed by atoms with Crippen molar-refractivity contribution < 1.29 is 19.4 Å². The van der Waals surface area contributed by atoms with E-state index >= 15 is 0 Å². The number of carbonyl (C=O) groups is 1. The maximum absolute atomic E-state index is 10.4. The minimum atomic E-state index is -0.952. The lowest BCUT2D eigenvalue weighted by Crippen LogP contribution is -2.26. The van der Waals surface area contributed by atoms with Gasteiger partial charge in [0.25, 0.3) is 0 Å². The number of hydrogen-bond acceptors (Lipinski definition) is 4. The number of hydrogen-bond donors (Lipinski definition) is 1. The molecule has 0 aromatic heterocycles. The molecule has 1 aromatic carbocycles. The first-order valence-corrected chi connectivity index (χ1v) is 6.93. The van der Waals surface area contributed by atoms with E-state index in [0.717, 1.165) is 43.5 Å². The van der Waals surface area contributed by atoms with E-state index in [0.29, 0.717) is 6.61 Å². The van der Waals surface area contributed by atoms with Crippen LogP contribution in [-0.2, 0) is 9.53 Å². The zero-order chi connectivity index (χ0) is 15.5. The molecule has 0 amide bonds. The Morgan fingerprint density at radius 1 is 1.24 bits per heavy atom. The van der Waals surface area contributed by atoms with Crippen LogP contribution in [0.2, 0.25) is 0 Å². The summed E-state index contributed by atoms with van der Waals surface area (Å²) in [6.07, 6.45) is 3.68. The van der Waals surface area contributed by atoms with Gasteiger partial charge in [0.2, 0.25) is 0 Å². The minimum absolute atomic E-state index is 0.619. The molecular weight excluding hydrogens is 270 g/mol. The van der Waals surface area contributed by atoms with Gasteiger partial charge in [-0.1, -0.05) is 12.1 Å². The normalized spacial score (nSPS) is 11.2. The van der Waals surface area contributed by atoms with Crippen molar-refractivity contribution in [3.8, 4) is 5.75 Å². The Morgan fingerprint density at radius 2 is 1.95 bits per heavy atom. The van der Waals surface area contributed by atoms with Gasteiger partial charge in [-0.3, -0.25) is 0 Å². The van der Waals surface area contributed by atoms with E-state index in [1.54, 1.807) is 13.2 Å². The SMILES string of the molecule is COCCCN(C)CCOc1ccc(C=CC(=O)O)cc1. The highest BCUT2D eigenvalue weighted by molar-refractivity contribution is 5.85. The van der Waals surface area contributed by atoms with Gasteiger partial charge < -0.3 is 19.5 Å². The van der Waals surface area contributed by atoms with Crippen LogP contribution in [0.3, 0.4) is 0 Å². The number of ether oxygens (including phenoxy) is 2. The largest absolute Gasteiger partial charge is 0.492 e. The standard InChI is InChI=1S/C16H23NO4/c1-17(10-3-12-20-2)11-13-21-15-7-4-14(5-8-15)6-9-16(18)19/h4-9H,3,10-13H2,1-2H3,(H,18,19). The Hall–Kier alpha value is -1.85. The predicted octanol–water partition coefficient (Wildman–Crippen LogP) is 2.13. The van der Waals surface area contributed by atoms with E-state index in [2.05, 4.69) is 11.9 Å². The molecule has 1 rings (SSSR count). The fourth-order valence-electron chi connectivity index (χ4n) is 1.75. The van der Waals surface area contributed by atoms with E-state index in [9.17, 15) is 4.79 Å². The molecule has 0 aliphatic carbocycles. The average Bonchev–Trinajstić information content (AvgIpc) is 2.46. The number of carboxylic acid groups (broad SMARTS) is 1. The molecule has 0 aliphatic rings. The van der Waals surface area contributed by atoms with Crippen molar-refractivity contribution in [2.45, 2.75) is 6.42 Å². The van der Waals surface area contributed by atoms with Crippen molar-refractivity contribution >= 4 is 12.0 Å². The van der Waals surface area contributed by atoms with Gasteiger partial charge >= 0.3 is 5.97 Å². The Labute approximate surface area is 125 Å². The van der Waals surface area contributed by atoms with E-state index < -0.39 is 5.97 Å². The maximum atomic E-state index is 10.4. The molecule has 1 aromatic rings. The summed E-state index contributed by atoms with van der Waals surface area (Å²) in [4.78, 5) is 12.6. The van der Waals surface area contributed by atoms with Crippen LogP contribution in [0.15, 0.2) is 30.3 Å². The molecule has 1 N–H and O–H groups in total.